The fourth-order valence-corrected chi connectivity index (χ4v) is 2.31. The molecule has 6 nitrogen and oxygen atoms in total. The van der Waals surface area contributed by atoms with Gasteiger partial charge < -0.3 is 33.6 Å². The summed E-state index contributed by atoms with van der Waals surface area (Å²) in [4.78, 5) is 25.4. The number of hydrogen-bond acceptors (Lipinski definition) is 3. The molecule has 1 aromatic rings. The molecule has 2 heterocycles. The molecular weight excluding hydrogens is 361 g/mol. The first-order valence-corrected chi connectivity index (χ1v) is 5.93. The molecule has 1 fully saturated rings. The minimum absolute atomic E-state index is 0. The molecule has 0 radical (unpaired) electrons. The van der Waals surface area contributed by atoms with E-state index in [4.69, 9.17) is 4.74 Å². The number of methoxy groups -OCH3 is 1. The second-order valence-corrected chi connectivity index (χ2v) is 4.78. The number of carbonyl (C=O) groups excluding carboxylic acids is 2. The zero-order chi connectivity index (χ0) is 13.3. The van der Waals surface area contributed by atoms with E-state index in [1.807, 2.05) is 14.0 Å². The number of halogens is 1. The van der Waals surface area contributed by atoms with Crippen LogP contribution in [-0.2, 0) is 16.6 Å². The Morgan fingerprint density at radius 3 is 2.58 bits per heavy atom. The molecule has 19 heavy (non-hydrogen) atoms. The monoisotopic (exact) mass is 379 g/mol. The van der Waals surface area contributed by atoms with Crippen LogP contribution in [0.1, 0.15) is 6.92 Å². The summed E-state index contributed by atoms with van der Waals surface area (Å²) in [6.45, 7) is 2.97. The van der Waals surface area contributed by atoms with Gasteiger partial charge in [0.05, 0.1) is 20.1 Å². The molecular formula is C12H18IN3O3. The van der Waals surface area contributed by atoms with Crippen LogP contribution in [0, 0.1) is 11.8 Å². The van der Waals surface area contributed by atoms with Crippen LogP contribution < -0.4 is 28.5 Å². The molecule has 0 saturated carbocycles. The molecule has 0 N–H and O–H groups in total. The lowest BCUT2D eigenvalue weighted by Gasteiger charge is -2.12. The van der Waals surface area contributed by atoms with Gasteiger partial charge in [-0.2, -0.15) is 4.57 Å². The Kier molecular flexibility index (Phi) is 5.33. The van der Waals surface area contributed by atoms with E-state index >= 15 is 0 Å². The first kappa shape index (κ1) is 15.9. The molecule has 2 atom stereocenters. The Balaban J connectivity index is 0.00000180. The van der Waals surface area contributed by atoms with Crippen molar-refractivity contribution in [2.24, 2.45) is 18.9 Å². The van der Waals surface area contributed by atoms with Crippen LogP contribution in [0.5, 0.6) is 0 Å². The summed E-state index contributed by atoms with van der Waals surface area (Å²) >= 11 is 0. The van der Waals surface area contributed by atoms with Gasteiger partial charge in [-0.05, 0) is 5.92 Å². The van der Waals surface area contributed by atoms with Crippen LogP contribution in [0.3, 0.4) is 0 Å². The fourth-order valence-electron chi connectivity index (χ4n) is 2.31. The quantitative estimate of drug-likeness (QED) is 0.298. The molecule has 1 saturated heterocycles. The molecule has 2 rings (SSSR count). The summed E-state index contributed by atoms with van der Waals surface area (Å²) in [6.07, 6.45) is 5.21. The standard InChI is InChI=1S/C12H18N3O3.HI/c1-9-6-15(7-10(9)11(16)18-3)12(17)14-5-4-13(2)8-14;/h4-5,8-10H,6-7H2,1-3H3;1H/q+1;/p-1. The van der Waals surface area contributed by atoms with Gasteiger partial charge in [-0.1, -0.05) is 6.92 Å². The second kappa shape index (κ2) is 6.36. The van der Waals surface area contributed by atoms with E-state index in [9.17, 15) is 9.59 Å². The van der Waals surface area contributed by atoms with Gasteiger partial charge in [0.1, 0.15) is 12.4 Å². The average Bonchev–Trinajstić information content (AvgIpc) is 2.94. The largest absolute Gasteiger partial charge is 1.00 e. The summed E-state index contributed by atoms with van der Waals surface area (Å²) in [5, 5.41) is 0. The van der Waals surface area contributed by atoms with Crippen molar-refractivity contribution in [3.8, 4) is 0 Å². The Morgan fingerprint density at radius 2 is 2.05 bits per heavy atom. The molecule has 1 aliphatic heterocycles. The van der Waals surface area contributed by atoms with Crippen molar-refractivity contribution < 1.29 is 42.9 Å². The van der Waals surface area contributed by atoms with Gasteiger partial charge in [0, 0.05) is 13.1 Å². The van der Waals surface area contributed by atoms with Crippen LogP contribution in [0.15, 0.2) is 18.7 Å². The number of amides is 1. The highest BCUT2D eigenvalue weighted by atomic mass is 127. The van der Waals surface area contributed by atoms with Crippen molar-refractivity contribution in [1.29, 1.82) is 0 Å². The van der Waals surface area contributed by atoms with Crippen molar-refractivity contribution in [1.82, 2.24) is 9.47 Å². The third-order valence-electron chi connectivity index (χ3n) is 3.38. The average molecular weight is 379 g/mol. The Hall–Kier alpha value is -1.12. The number of esters is 1. The summed E-state index contributed by atoms with van der Waals surface area (Å²) in [7, 11) is 3.24. The first-order chi connectivity index (χ1) is 8.52. The van der Waals surface area contributed by atoms with Crippen LogP contribution in [0.25, 0.3) is 0 Å². The van der Waals surface area contributed by atoms with Crippen molar-refractivity contribution in [2.75, 3.05) is 20.2 Å². The van der Waals surface area contributed by atoms with E-state index in [1.54, 1.807) is 28.2 Å². The summed E-state index contributed by atoms with van der Waals surface area (Å²) in [5.74, 6) is -0.329. The Bertz CT molecular complexity index is 475. The molecule has 1 amide bonds. The van der Waals surface area contributed by atoms with E-state index in [0.29, 0.717) is 13.1 Å². The third-order valence-corrected chi connectivity index (χ3v) is 3.38. The van der Waals surface area contributed by atoms with Crippen LogP contribution >= 0.6 is 0 Å². The highest BCUT2D eigenvalue weighted by Gasteiger charge is 2.39. The molecule has 106 valence electrons. The number of aryl methyl sites for hydroxylation is 1. The minimum atomic E-state index is -0.240. The minimum Gasteiger partial charge on any atom is -1.00 e. The van der Waals surface area contributed by atoms with Gasteiger partial charge in [0.2, 0.25) is 0 Å². The highest BCUT2D eigenvalue weighted by Crippen LogP contribution is 2.24. The number of hydrogen-bond donors (Lipinski definition) is 0. The van der Waals surface area contributed by atoms with Gasteiger partial charge in [-0.3, -0.25) is 4.79 Å². The molecule has 0 spiro atoms. The van der Waals surface area contributed by atoms with Crippen LogP contribution in [0.4, 0.5) is 4.79 Å². The maximum absolute atomic E-state index is 12.2. The number of rotatable bonds is 1. The number of aromatic nitrogens is 2. The van der Waals surface area contributed by atoms with Gasteiger partial charge in [-0.15, -0.1) is 0 Å². The molecule has 0 aromatic carbocycles. The maximum Gasteiger partial charge on any atom is 0.415 e. The number of likely N-dealkylation sites (tertiary alicyclic amines) is 1. The van der Waals surface area contributed by atoms with E-state index in [0.717, 1.165) is 0 Å². The van der Waals surface area contributed by atoms with Gasteiger partial charge in [-0.25, -0.2) is 9.36 Å². The van der Waals surface area contributed by atoms with E-state index in [2.05, 4.69) is 0 Å². The van der Waals surface area contributed by atoms with E-state index in [1.165, 1.54) is 11.7 Å². The number of ether oxygens (including phenoxy) is 1. The number of carbonyl (C=O) groups is 2. The van der Waals surface area contributed by atoms with Gasteiger partial charge >= 0.3 is 12.0 Å². The third kappa shape index (κ3) is 3.26. The molecule has 7 heteroatoms. The van der Waals surface area contributed by atoms with Crippen molar-refractivity contribution in [3.05, 3.63) is 18.7 Å². The molecule has 0 aliphatic carbocycles. The van der Waals surface area contributed by atoms with Crippen molar-refractivity contribution in [3.63, 3.8) is 0 Å². The molecule has 2 unspecified atom stereocenters. The highest BCUT2D eigenvalue weighted by molar-refractivity contribution is 5.79. The lowest BCUT2D eigenvalue weighted by atomic mass is 9.99. The molecule has 1 aliphatic rings. The fraction of sp³-hybridized carbons (Fsp3) is 0.583. The maximum atomic E-state index is 12.2. The van der Waals surface area contributed by atoms with E-state index in [-0.39, 0.29) is 47.8 Å². The molecule has 1 aromatic heterocycles. The SMILES string of the molecule is COC(=O)C1CN(C(=O)n2cc[n+](C)c2)CC1C.[I-]. The summed E-state index contributed by atoms with van der Waals surface area (Å²) in [6, 6.07) is -0.103. The van der Waals surface area contributed by atoms with Crippen molar-refractivity contribution >= 4 is 12.0 Å². The first-order valence-electron chi connectivity index (χ1n) is 5.93. The van der Waals surface area contributed by atoms with Crippen LogP contribution in [-0.4, -0.2) is 41.7 Å². The smallest absolute Gasteiger partial charge is 0.415 e. The number of nitrogens with zero attached hydrogens (tertiary/aromatic N) is 3. The zero-order valence-electron chi connectivity index (χ0n) is 11.2. The van der Waals surface area contributed by atoms with Crippen LogP contribution in [0.2, 0.25) is 0 Å². The topological polar surface area (TPSA) is 55.4 Å². The Morgan fingerprint density at radius 1 is 1.37 bits per heavy atom. The second-order valence-electron chi connectivity index (χ2n) is 4.78. The predicted octanol–water partition coefficient (Wildman–Crippen LogP) is -2.97. The lowest BCUT2D eigenvalue weighted by Crippen LogP contribution is -3.00. The lowest BCUT2D eigenvalue weighted by molar-refractivity contribution is -0.670. The van der Waals surface area contributed by atoms with E-state index < -0.39 is 0 Å². The normalized spacial score (nSPS) is 21.9. The van der Waals surface area contributed by atoms with Crippen molar-refractivity contribution in [2.45, 2.75) is 6.92 Å². The predicted molar refractivity (Wildman–Crippen MR) is 62.6 cm³/mol. The van der Waals surface area contributed by atoms with Gasteiger partial charge in [0.15, 0.2) is 0 Å². The Labute approximate surface area is 129 Å². The summed E-state index contributed by atoms with van der Waals surface area (Å²) < 4.78 is 8.08. The zero-order valence-corrected chi connectivity index (χ0v) is 13.4. The van der Waals surface area contributed by atoms with Gasteiger partial charge in [0.25, 0.3) is 6.33 Å². The number of imidazole rings is 1. The molecule has 0 bridgehead atoms. The summed E-state index contributed by atoms with van der Waals surface area (Å²) in [5.41, 5.74) is 0.